The Hall–Kier alpha value is -1.67. The van der Waals surface area contributed by atoms with Gasteiger partial charge in [-0.2, -0.15) is 11.3 Å². The Bertz CT molecular complexity index is 815. The Morgan fingerprint density at radius 1 is 1.38 bits per heavy atom. The second-order valence-electron chi connectivity index (χ2n) is 5.00. The van der Waals surface area contributed by atoms with E-state index in [-0.39, 0.29) is 12.5 Å². The smallest absolute Gasteiger partial charge is 0.254 e. The van der Waals surface area contributed by atoms with Gasteiger partial charge in [-0.3, -0.25) is 4.79 Å². The Balaban J connectivity index is 1.63. The number of rotatable bonds is 6. The second-order valence-corrected chi connectivity index (χ2v) is 7.69. The van der Waals surface area contributed by atoms with Crippen LogP contribution in [0.15, 0.2) is 52.3 Å². The molecule has 0 spiro atoms. The van der Waals surface area contributed by atoms with Crippen molar-refractivity contribution in [2.45, 2.75) is 11.1 Å². The Labute approximate surface area is 152 Å². The monoisotopic (exact) mass is 376 g/mol. The molecule has 7 heteroatoms. The van der Waals surface area contributed by atoms with Crippen LogP contribution in [0.3, 0.4) is 0 Å². The van der Waals surface area contributed by atoms with Gasteiger partial charge in [-0.15, -0.1) is 23.1 Å². The number of thiophene rings is 2. The van der Waals surface area contributed by atoms with Crippen LogP contribution >= 0.6 is 34.4 Å². The minimum atomic E-state index is -0.722. The summed E-state index contributed by atoms with van der Waals surface area (Å²) >= 11 is 4.61. The van der Waals surface area contributed by atoms with Crippen molar-refractivity contribution in [3.63, 3.8) is 0 Å². The van der Waals surface area contributed by atoms with Crippen LogP contribution in [0.1, 0.15) is 21.3 Å². The summed E-state index contributed by atoms with van der Waals surface area (Å²) in [5.74, 6) is -0.221. The number of aliphatic hydroxyl groups is 1. The van der Waals surface area contributed by atoms with Gasteiger partial charge in [0.2, 0.25) is 0 Å². The van der Waals surface area contributed by atoms with Crippen LogP contribution in [0.4, 0.5) is 0 Å². The molecule has 0 aromatic carbocycles. The average Bonchev–Trinajstić information content (AvgIpc) is 3.30. The van der Waals surface area contributed by atoms with E-state index in [2.05, 4.69) is 21.7 Å². The first kappa shape index (κ1) is 17.2. The number of nitrogens with zero attached hydrogens (tertiary/aromatic N) is 1. The maximum absolute atomic E-state index is 12.3. The highest BCUT2D eigenvalue weighted by atomic mass is 32.2. The van der Waals surface area contributed by atoms with Crippen molar-refractivity contribution >= 4 is 40.3 Å². The third kappa shape index (κ3) is 3.87. The van der Waals surface area contributed by atoms with Crippen LogP contribution in [0.25, 0.3) is 10.4 Å². The van der Waals surface area contributed by atoms with E-state index in [1.54, 1.807) is 41.0 Å². The third-order valence-electron chi connectivity index (χ3n) is 3.43. The minimum absolute atomic E-state index is 0.172. The number of nitrogens with one attached hydrogen (secondary N) is 1. The fraction of sp³-hybridized carbons (Fsp3) is 0.176. The van der Waals surface area contributed by atoms with Crippen molar-refractivity contribution in [2.75, 3.05) is 12.8 Å². The predicted molar refractivity (Wildman–Crippen MR) is 101 cm³/mol. The topological polar surface area (TPSA) is 62.2 Å². The summed E-state index contributed by atoms with van der Waals surface area (Å²) in [6.45, 7) is 0.172. The van der Waals surface area contributed by atoms with Gasteiger partial charge in [0.1, 0.15) is 11.1 Å². The first-order chi connectivity index (χ1) is 11.7. The molecule has 0 saturated carbocycles. The molecule has 3 aromatic heterocycles. The number of aliphatic hydroxyl groups excluding tert-OH is 1. The lowest BCUT2D eigenvalue weighted by atomic mass is 10.2. The maximum atomic E-state index is 12.3. The van der Waals surface area contributed by atoms with Crippen LogP contribution in [0, 0.1) is 0 Å². The van der Waals surface area contributed by atoms with Crippen LogP contribution in [0.2, 0.25) is 0 Å². The molecule has 1 atom stereocenters. The van der Waals surface area contributed by atoms with Gasteiger partial charge in [-0.05, 0) is 47.3 Å². The highest BCUT2D eigenvalue weighted by Gasteiger charge is 2.16. The molecule has 2 N–H and O–H groups in total. The van der Waals surface area contributed by atoms with E-state index in [1.807, 2.05) is 23.8 Å². The summed E-state index contributed by atoms with van der Waals surface area (Å²) < 4.78 is 0. The summed E-state index contributed by atoms with van der Waals surface area (Å²) in [4.78, 5) is 18.4. The number of pyridine rings is 1. The fourth-order valence-corrected chi connectivity index (χ4v) is 4.47. The maximum Gasteiger partial charge on any atom is 0.254 e. The quantitative estimate of drug-likeness (QED) is 0.637. The summed E-state index contributed by atoms with van der Waals surface area (Å²) in [5, 5.41) is 17.9. The molecule has 0 saturated heterocycles. The molecule has 0 radical (unpaired) electrons. The molecule has 0 bridgehead atoms. The normalized spacial score (nSPS) is 12.1. The average molecular weight is 377 g/mol. The molecule has 0 aliphatic heterocycles. The number of aromatic nitrogens is 1. The molecule has 124 valence electrons. The standard InChI is InChI=1S/C17H16N2O2S3/c1-22-17-12(3-2-7-18-17)16(21)19-9-13(20)15-5-4-14(24-15)11-6-8-23-10-11/h2-8,10,13,20H,9H2,1H3,(H,19,21). The molecule has 3 rings (SSSR count). The zero-order valence-electron chi connectivity index (χ0n) is 12.9. The number of hydrogen-bond acceptors (Lipinski definition) is 6. The van der Waals surface area contributed by atoms with Gasteiger partial charge in [0, 0.05) is 28.1 Å². The number of thioether (sulfide) groups is 1. The van der Waals surface area contributed by atoms with Gasteiger partial charge >= 0.3 is 0 Å². The molecule has 0 fully saturated rings. The van der Waals surface area contributed by atoms with E-state index >= 15 is 0 Å². The Morgan fingerprint density at radius 3 is 3.00 bits per heavy atom. The Morgan fingerprint density at radius 2 is 2.25 bits per heavy atom. The summed E-state index contributed by atoms with van der Waals surface area (Å²) in [5.41, 5.74) is 1.69. The molecule has 3 heterocycles. The van der Waals surface area contributed by atoms with E-state index in [0.29, 0.717) is 10.6 Å². The molecule has 4 nitrogen and oxygen atoms in total. The summed E-state index contributed by atoms with van der Waals surface area (Å²) in [6.07, 6.45) is 2.82. The molecule has 0 aliphatic rings. The van der Waals surface area contributed by atoms with Crippen LogP contribution < -0.4 is 5.32 Å². The SMILES string of the molecule is CSc1ncccc1C(=O)NCC(O)c1ccc(-c2ccsc2)s1. The zero-order valence-corrected chi connectivity index (χ0v) is 15.4. The van der Waals surface area contributed by atoms with Gasteiger partial charge in [0.05, 0.1) is 5.56 Å². The van der Waals surface area contributed by atoms with E-state index in [0.717, 1.165) is 15.3 Å². The van der Waals surface area contributed by atoms with Gasteiger partial charge < -0.3 is 10.4 Å². The number of carbonyl (C=O) groups excluding carboxylic acids is 1. The van der Waals surface area contributed by atoms with Crippen molar-refractivity contribution < 1.29 is 9.90 Å². The third-order valence-corrected chi connectivity index (χ3v) is 6.06. The molecular weight excluding hydrogens is 360 g/mol. The highest BCUT2D eigenvalue weighted by molar-refractivity contribution is 7.98. The highest BCUT2D eigenvalue weighted by Crippen LogP contribution is 2.32. The molecule has 24 heavy (non-hydrogen) atoms. The lowest BCUT2D eigenvalue weighted by Crippen LogP contribution is -2.28. The van der Waals surface area contributed by atoms with Crippen LogP contribution in [-0.4, -0.2) is 28.8 Å². The number of hydrogen-bond donors (Lipinski definition) is 2. The molecule has 3 aromatic rings. The van der Waals surface area contributed by atoms with Gasteiger partial charge in [0.15, 0.2) is 0 Å². The lowest BCUT2D eigenvalue weighted by Gasteiger charge is -2.11. The van der Waals surface area contributed by atoms with Crippen LogP contribution in [-0.2, 0) is 0 Å². The van der Waals surface area contributed by atoms with E-state index in [4.69, 9.17) is 0 Å². The molecule has 1 unspecified atom stereocenters. The summed E-state index contributed by atoms with van der Waals surface area (Å²) in [6, 6.07) is 9.44. The molecule has 1 amide bonds. The van der Waals surface area contributed by atoms with Crippen molar-refractivity contribution in [1.29, 1.82) is 0 Å². The number of carbonyl (C=O) groups is 1. The van der Waals surface area contributed by atoms with Gasteiger partial charge in [0.25, 0.3) is 5.91 Å². The molecule has 0 aliphatic carbocycles. The zero-order chi connectivity index (χ0) is 16.9. The minimum Gasteiger partial charge on any atom is -0.386 e. The predicted octanol–water partition coefficient (Wildman–Crippen LogP) is 4.06. The van der Waals surface area contributed by atoms with Crippen molar-refractivity contribution in [3.05, 3.63) is 57.7 Å². The van der Waals surface area contributed by atoms with Crippen molar-refractivity contribution in [2.24, 2.45) is 0 Å². The van der Waals surface area contributed by atoms with Crippen LogP contribution in [0.5, 0.6) is 0 Å². The first-order valence-electron chi connectivity index (χ1n) is 7.26. The van der Waals surface area contributed by atoms with Gasteiger partial charge in [-0.25, -0.2) is 4.98 Å². The fourth-order valence-electron chi connectivity index (χ4n) is 2.20. The van der Waals surface area contributed by atoms with E-state index in [9.17, 15) is 9.90 Å². The lowest BCUT2D eigenvalue weighted by molar-refractivity contribution is 0.0914. The Kier molecular flexibility index (Phi) is 5.68. The largest absolute Gasteiger partial charge is 0.386 e. The van der Waals surface area contributed by atoms with E-state index in [1.165, 1.54) is 11.8 Å². The number of amides is 1. The van der Waals surface area contributed by atoms with E-state index < -0.39 is 6.10 Å². The second kappa shape index (κ2) is 7.94. The summed E-state index contributed by atoms with van der Waals surface area (Å²) in [7, 11) is 0. The molecular formula is C17H16N2O2S3. The van der Waals surface area contributed by atoms with Crippen molar-refractivity contribution in [1.82, 2.24) is 10.3 Å². The van der Waals surface area contributed by atoms with Crippen molar-refractivity contribution in [3.8, 4) is 10.4 Å². The van der Waals surface area contributed by atoms with Gasteiger partial charge in [-0.1, -0.05) is 0 Å². The first-order valence-corrected chi connectivity index (χ1v) is 10.2.